The average molecular weight is 406 g/mol. The van der Waals surface area contributed by atoms with Crippen molar-refractivity contribution in [2.24, 2.45) is 0 Å². The smallest absolute Gasteiger partial charge is 0.267 e. The van der Waals surface area contributed by atoms with Crippen LogP contribution in [0, 0.1) is 5.82 Å². The SMILES string of the molecule is O=C(Cn1nc(-c2ccc(N3CCCCC3)cc2)ccc1=O)Nc1ccccc1F. The fourth-order valence-corrected chi connectivity index (χ4v) is 3.60. The van der Waals surface area contributed by atoms with Crippen LogP contribution >= 0.6 is 0 Å². The highest BCUT2D eigenvalue weighted by Gasteiger charge is 2.13. The molecule has 1 fully saturated rings. The van der Waals surface area contributed by atoms with Crippen molar-refractivity contribution >= 4 is 17.3 Å². The summed E-state index contributed by atoms with van der Waals surface area (Å²) in [5, 5.41) is 6.79. The van der Waals surface area contributed by atoms with E-state index in [-0.39, 0.29) is 12.2 Å². The van der Waals surface area contributed by atoms with Crippen molar-refractivity contribution in [2.75, 3.05) is 23.3 Å². The fourth-order valence-electron chi connectivity index (χ4n) is 3.60. The Labute approximate surface area is 174 Å². The first-order valence-electron chi connectivity index (χ1n) is 10.1. The Kier molecular flexibility index (Phi) is 5.88. The van der Waals surface area contributed by atoms with Gasteiger partial charge in [-0.3, -0.25) is 9.59 Å². The molecule has 0 saturated carbocycles. The molecule has 1 saturated heterocycles. The predicted octanol–water partition coefficient (Wildman–Crippen LogP) is 3.68. The summed E-state index contributed by atoms with van der Waals surface area (Å²) in [7, 11) is 0. The molecule has 1 aliphatic rings. The number of aromatic nitrogens is 2. The zero-order valence-electron chi connectivity index (χ0n) is 16.6. The normalized spacial score (nSPS) is 13.8. The number of carbonyl (C=O) groups is 1. The largest absolute Gasteiger partial charge is 0.372 e. The average Bonchev–Trinajstić information content (AvgIpc) is 2.78. The number of amides is 1. The van der Waals surface area contributed by atoms with Gasteiger partial charge in [-0.1, -0.05) is 24.3 Å². The maximum atomic E-state index is 13.7. The molecule has 1 amide bonds. The van der Waals surface area contributed by atoms with Gasteiger partial charge < -0.3 is 10.2 Å². The first kappa shape index (κ1) is 19.8. The summed E-state index contributed by atoms with van der Waals surface area (Å²) in [6, 6.07) is 17.0. The van der Waals surface area contributed by atoms with Crippen LogP contribution in [0.15, 0.2) is 65.5 Å². The molecule has 6 nitrogen and oxygen atoms in total. The molecule has 0 bridgehead atoms. The lowest BCUT2D eigenvalue weighted by Crippen LogP contribution is -2.29. The summed E-state index contributed by atoms with van der Waals surface area (Å²) in [4.78, 5) is 26.8. The number of benzene rings is 2. The first-order chi connectivity index (χ1) is 14.6. The van der Waals surface area contributed by atoms with Gasteiger partial charge in [0.05, 0.1) is 11.4 Å². The van der Waals surface area contributed by atoms with Crippen molar-refractivity contribution in [1.29, 1.82) is 0 Å². The van der Waals surface area contributed by atoms with Crippen molar-refractivity contribution in [3.63, 3.8) is 0 Å². The highest BCUT2D eigenvalue weighted by Crippen LogP contribution is 2.23. The van der Waals surface area contributed by atoms with E-state index in [1.54, 1.807) is 12.1 Å². The van der Waals surface area contributed by atoms with Crippen molar-refractivity contribution in [2.45, 2.75) is 25.8 Å². The molecule has 0 radical (unpaired) electrons. The van der Waals surface area contributed by atoms with Crippen molar-refractivity contribution in [1.82, 2.24) is 9.78 Å². The highest BCUT2D eigenvalue weighted by atomic mass is 19.1. The number of piperidine rings is 1. The molecular weight excluding hydrogens is 383 g/mol. The molecule has 1 aliphatic heterocycles. The maximum Gasteiger partial charge on any atom is 0.267 e. The standard InChI is InChI=1S/C23H23FN4O2/c24-19-6-2-3-7-21(19)25-22(29)16-28-23(30)13-12-20(26-28)17-8-10-18(11-9-17)27-14-4-1-5-15-27/h2-3,6-13H,1,4-5,14-16H2,(H,25,29). The fraction of sp³-hybridized carbons (Fsp3) is 0.261. The van der Waals surface area contributed by atoms with Crippen LogP contribution in [-0.2, 0) is 11.3 Å². The van der Waals surface area contributed by atoms with E-state index in [9.17, 15) is 14.0 Å². The molecule has 2 aromatic carbocycles. The Hall–Kier alpha value is -3.48. The van der Waals surface area contributed by atoms with Crippen LogP contribution in [0.1, 0.15) is 19.3 Å². The minimum atomic E-state index is -0.534. The van der Waals surface area contributed by atoms with Gasteiger partial charge in [-0.05, 0) is 49.6 Å². The van der Waals surface area contributed by atoms with E-state index in [2.05, 4.69) is 27.4 Å². The number of nitrogens with one attached hydrogen (secondary N) is 1. The number of anilines is 2. The van der Waals surface area contributed by atoms with Gasteiger partial charge in [0.2, 0.25) is 5.91 Å². The Morgan fingerprint density at radius 2 is 1.70 bits per heavy atom. The predicted molar refractivity (Wildman–Crippen MR) is 115 cm³/mol. The summed E-state index contributed by atoms with van der Waals surface area (Å²) < 4.78 is 14.8. The minimum absolute atomic E-state index is 0.0694. The molecule has 7 heteroatoms. The maximum absolute atomic E-state index is 13.7. The summed E-state index contributed by atoms with van der Waals surface area (Å²) >= 11 is 0. The number of para-hydroxylation sites is 1. The lowest BCUT2D eigenvalue weighted by atomic mass is 10.1. The van der Waals surface area contributed by atoms with Gasteiger partial charge >= 0.3 is 0 Å². The van der Waals surface area contributed by atoms with E-state index in [0.29, 0.717) is 5.69 Å². The van der Waals surface area contributed by atoms with Crippen LogP contribution < -0.4 is 15.8 Å². The van der Waals surface area contributed by atoms with Gasteiger partial charge in [-0.2, -0.15) is 5.10 Å². The molecule has 30 heavy (non-hydrogen) atoms. The van der Waals surface area contributed by atoms with Crippen LogP contribution in [0.3, 0.4) is 0 Å². The molecular formula is C23H23FN4O2. The van der Waals surface area contributed by atoms with Crippen molar-refractivity contribution < 1.29 is 9.18 Å². The number of hydrogen-bond acceptors (Lipinski definition) is 4. The van der Waals surface area contributed by atoms with Gasteiger partial charge in [-0.15, -0.1) is 0 Å². The van der Waals surface area contributed by atoms with E-state index < -0.39 is 17.3 Å². The Balaban J connectivity index is 1.49. The van der Waals surface area contributed by atoms with Crippen LogP contribution in [0.2, 0.25) is 0 Å². The molecule has 0 unspecified atom stereocenters. The van der Waals surface area contributed by atoms with Gasteiger partial charge in [0.15, 0.2) is 0 Å². The zero-order valence-corrected chi connectivity index (χ0v) is 16.6. The molecule has 2 heterocycles. The summed E-state index contributed by atoms with van der Waals surface area (Å²) in [6.07, 6.45) is 3.71. The molecule has 3 aromatic rings. The quantitative estimate of drug-likeness (QED) is 0.702. The number of rotatable bonds is 5. The molecule has 154 valence electrons. The Morgan fingerprint density at radius 3 is 2.43 bits per heavy atom. The van der Waals surface area contributed by atoms with E-state index in [0.717, 1.165) is 23.3 Å². The summed E-state index contributed by atoms with van der Waals surface area (Å²) in [6.45, 7) is 1.84. The number of hydrogen-bond donors (Lipinski definition) is 1. The van der Waals surface area contributed by atoms with Gasteiger partial charge in [0.25, 0.3) is 5.56 Å². The number of halogens is 1. The lowest BCUT2D eigenvalue weighted by Gasteiger charge is -2.28. The number of carbonyl (C=O) groups excluding carboxylic acids is 1. The van der Waals surface area contributed by atoms with Crippen molar-refractivity contribution in [3.05, 3.63) is 76.8 Å². The first-order valence-corrected chi connectivity index (χ1v) is 10.1. The van der Waals surface area contributed by atoms with Crippen LogP contribution in [0.5, 0.6) is 0 Å². The zero-order chi connectivity index (χ0) is 20.9. The highest BCUT2D eigenvalue weighted by molar-refractivity contribution is 5.90. The molecule has 1 N–H and O–H groups in total. The minimum Gasteiger partial charge on any atom is -0.372 e. The second-order valence-corrected chi connectivity index (χ2v) is 7.34. The van der Waals surface area contributed by atoms with E-state index in [1.165, 1.54) is 49.2 Å². The summed E-state index contributed by atoms with van der Waals surface area (Å²) in [5.74, 6) is -1.05. The Bertz CT molecular complexity index is 1090. The van der Waals surface area contributed by atoms with Crippen LogP contribution in [0.4, 0.5) is 15.8 Å². The monoisotopic (exact) mass is 406 g/mol. The van der Waals surface area contributed by atoms with Crippen molar-refractivity contribution in [3.8, 4) is 11.3 Å². The Morgan fingerprint density at radius 1 is 0.967 bits per heavy atom. The number of nitrogens with zero attached hydrogens (tertiary/aromatic N) is 3. The lowest BCUT2D eigenvalue weighted by molar-refractivity contribution is -0.117. The van der Waals surface area contributed by atoms with Gasteiger partial charge in [-0.25, -0.2) is 9.07 Å². The van der Waals surface area contributed by atoms with Gasteiger partial charge in [0.1, 0.15) is 12.4 Å². The molecule has 0 spiro atoms. The van der Waals surface area contributed by atoms with E-state index in [4.69, 9.17) is 0 Å². The molecule has 1 aromatic heterocycles. The second-order valence-electron chi connectivity index (χ2n) is 7.34. The topological polar surface area (TPSA) is 67.2 Å². The molecule has 4 rings (SSSR count). The molecule has 0 atom stereocenters. The van der Waals surface area contributed by atoms with Gasteiger partial charge in [0, 0.05) is 30.4 Å². The molecule has 0 aliphatic carbocycles. The van der Waals surface area contributed by atoms with E-state index >= 15 is 0 Å². The third kappa shape index (κ3) is 4.56. The van der Waals surface area contributed by atoms with E-state index in [1.807, 2.05) is 12.1 Å². The third-order valence-corrected chi connectivity index (χ3v) is 5.19. The van der Waals surface area contributed by atoms with Crippen LogP contribution in [0.25, 0.3) is 11.3 Å². The van der Waals surface area contributed by atoms with Crippen LogP contribution in [-0.4, -0.2) is 28.8 Å². The third-order valence-electron chi connectivity index (χ3n) is 5.19. The summed E-state index contributed by atoms with van der Waals surface area (Å²) in [5.41, 5.74) is 2.31. The second kappa shape index (κ2) is 8.90.